The lowest BCUT2D eigenvalue weighted by molar-refractivity contribution is 0.280. The average molecular weight is 325 g/mol. The zero-order chi connectivity index (χ0) is 15.9. The van der Waals surface area contributed by atoms with Crippen LogP contribution in [0.25, 0.3) is 0 Å². The number of aromatic nitrogens is 3. The molecule has 0 bridgehead atoms. The fraction of sp³-hybridized carbons (Fsp3) is 0.357. The SMILES string of the molecule is CCOc1nc(Nc2ccc(OC)c(Cl)c2)nc(OCC)n1. The van der Waals surface area contributed by atoms with Gasteiger partial charge in [0.25, 0.3) is 0 Å². The second kappa shape index (κ2) is 7.65. The molecule has 0 aliphatic rings. The van der Waals surface area contributed by atoms with Crippen molar-refractivity contribution in [2.45, 2.75) is 13.8 Å². The number of nitrogens with one attached hydrogen (secondary N) is 1. The second-order valence-corrected chi connectivity index (χ2v) is 4.47. The van der Waals surface area contributed by atoms with Crippen LogP contribution >= 0.6 is 11.6 Å². The first-order valence-electron chi connectivity index (χ1n) is 6.78. The van der Waals surface area contributed by atoms with Gasteiger partial charge in [-0.05, 0) is 32.0 Å². The summed E-state index contributed by atoms with van der Waals surface area (Å²) in [5.74, 6) is 0.899. The Labute approximate surface area is 133 Å². The Morgan fingerprint density at radius 1 is 1.05 bits per heavy atom. The summed E-state index contributed by atoms with van der Waals surface area (Å²) in [4.78, 5) is 12.4. The lowest BCUT2D eigenvalue weighted by Crippen LogP contribution is -2.06. The van der Waals surface area contributed by atoms with Crippen LogP contribution in [0.1, 0.15) is 13.8 Å². The molecule has 1 N–H and O–H groups in total. The van der Waals surface area contributed by atoms with E-state index in [1.807, 2.05) is 13.8 Å². The van der Waals surface area contributed by atoms with Gasteiger partial charge >= 0.3 is 12.0 Å². The molecule has 0 atom stereocenters. The standard InChI is InChI=1S/C14H17ClN4O3/c1-4-21-13-17-12(18-14(19-13)22-5-2)16-9-6-7-11(20-3)10(15)8-9/h6-8H,4-5H2,1-3H3,(H,16,17,18,19). The quantitative estimate of drug-likeness (QED) is 0.838. The third-order valence-electron chi connectivity index (χ3n) is 2.55. The monoisotopic (exact) mass is 324 g/mol. The summed E-state index contributed by atoms with van der Waals surface area (Å²) in [7, 11) is 1.56. The molecule has 7 nitrogen and oxygen atoms in total. The van der Waals surface area contributed by atoms with Crippen LogP contribution in [-0.4, -0.2) is 35.3 Å². The third kappa shape index (κ3) is 4.11. The molecular weight excluding hydrogens is 308 g/mol. The van der Waals surface area contributed by atoms with Crippen LogP contribution in [0, 0.1) is 0 Å². The van der Waals surface area contributed by atoms with E-state index in [1.54, 1.807) is 25.3 Å². The zero-order valence-electron chi connectivity index (χ0n) is 12.6. The van der Waals surface area contributed by atoms with Crippen LogP contribution in [0.3, 0.4) is 0 Å². The summed E-state index contributed by atoms with van der Waals surface area (Å²) in [6, 6.07) is 5.66. The summed E-state index contributed by atoms with van der Waals surface area (Å²) < 4.78 is 15.7. The van der Waals surface area contributed by atoms with Gasteiger partial charge in [0, 0.05) is 5.69 Å². The minimum absolute atomic E-state index is 0.197. The van der Waals surface area contributed by atoms with Gasteiger partial charge in [0.1, 0.15) is 5.75 Å². The maximum Gasteiger partial charge on any atom is 0.324 e. The summed E-state index contributed by atoms with van der Waals surface area (Å²) in [6.45, 7) is 4.59. The molecule has 0 fully saturated rings. The van der Waals surface area contributed by atoms with E-state index < -0.39 is 0 Å². The smallest absolute Gasteiger partial charge is 0.324 e. The minimum atomic E-state index is 0.197. The van der Waals surface area contributed by atoms with E-state index in [-0.39, 0.29) is 12.0 Å². The van der Waals surface area contributed by atoms with E-state index in [0.717, 1.165) is 0 Å². The molecule has 118 valence electrons. The van der Waals surface area contributed by atoms with E-state index >= 15 is 0 Å². The molecule has 0 unspecified atom stereocenters. The number of anilines is 2. The van der Waals surface area contributed by atoms with Gasteiger partial charge < -0.3 is 19.5 Å². The van der Waals surface area contributed by atoms with Crippen LogP contribution in [0.4, 0.5) is 11.6 Å². The lowest BCUT2D eigenvalue weighted by atomic mass is 10.3. The topological polar surface area (TPSA) is 78.4 Å². The maximum absolute atomic E-state index is 6.09. The number of nitrogens with zero attached hydrogens (tertiary/aromatic N) is 3. The molecule has 0 saturated heterocycles. The van der Waals surface area contributed by atoms with Crippen molar-refractivity contribution in [3.05, 3.63) is 23.2 Å². The molecule has 22 heavy (non-hydrogen) atoms. The highest BCUT2D eigenvalue weighted by atomic mass is 35.5. The highest BCUT2D eigenvalue weighted by Crippen LogP contribution is 2.28. The predicted molar refractivity (Wildman–Crippen MR) is 83.5 cm³/mol. The molecule has 8 heteroatoms. The van der Waals surface area contributed by atoms with E-state index in [9.17, 15) is 0 Å². The van der Waals surface area contributed by atoms with Crippen molar-refractivity contribution >= 4 is 23.2 Å². The molecule has 1 aromatic carbocycles. The number of ether oxygens (including phenoxy) is 3. The fourth-order valence-electron chi connectivity index (χ4n) is 1.65. The Kier molecular flexibility index (Phi) is 5.60. The van der Waals surface area contributed by atoms with Gasteiger partial charge in [-0.2, -0.15) is 9.97 Å². The molecule has 0 amide bonds. The lowest BCUT2D eigenvalue weighted by Gasteiger charge is -2.10. The highest BCUT2D eigenvalue weighted by Gasteiger charge is 2.09. The number of benzene rings is 1. The van der Waals surface area contributed by atoms with Gasteiger partial charge in [-0.25, -0.2) is 0 Å². The van der Waals surface area contributed by atoms with Gasteiger partial charge in [0.15, 0.2) is 0 Å². The molecule has 2 aromatic rings. The van der Waals surface area contributed by atoms with Gasteiger partial charge in [-0.3, -0.25) is 0 Å². The van der Waals surface area contributed by atoms with E-state index in [1.165, 1.54) is 0 Å². The van der Waals surface area contributed by atoms with Crippen LogP contribution in [0.2, 0.25) is 5.02 Å². The summed E-state index contributed by atoms with van der Waals surface area (Å²) in [5.41, 5.74) is 0.710. The zero-order valence-corrected chi connectivity index (χ0v) is 13.3. The van der Waals surface area contributed by atoms with Gasteiger partial charge in [-0.1, -0.05) is 11.6 Å². The molecule has 0 radical (unpaired) electrons. The van der Waals surface area contributed by atoms with Crippen molar-refractivity contribution < 1.29 is 14.2 Å². The van der Waals surface area contributed by atoms with E-state index in [4.69, 9.17) is 25.8 Å². The van der Waals surface area contributed by atoms with Crippen molar-refractivity contribution in [1.82, 2.24) is 15.0 Å². The molecule has 1 aromatic heterocycles. The average Bonchev–Trinajstić information content (AvgIpc) is 2.48. The molecule has 2 rings (SSSR count). The van der Waals surface area contributed by atoms with Crippen molar-refractivity contribution in [3.8, 4) is 17.8 Å². The molecule has 0 aliphatic heterocycles. The van der Waals surface area contributed by atoms with Crippen molar-refractivity contribution in [2.24, 2.45) is 0 Å². The van der Waals surface area contributed by atoms with Gasteiger partial charge in [0.05, 0.1) is 25.3 Å². The predicted octanol–water partition coefficient (Wildman–Crippen LogP) is 3.07. The Morgan fingerprint density at radius 3 is 2.18 bits per heavy atom. The first kappa shape index (κ1) is 16.1. The van der Waals surface area contributed by atoms with Crippen LogP contribution in [-0.2, 0) is 0 Å². The van der Waals surface area contributed by atoms with Gasteiger partial charge in [-0.15, -0.1) is 4.98 Å². The first-order chi connectivity index (χ1) is 10.7. The molecule has 0 saturated carbocycles. The van der Waals surface area contributed by atoms with Crippen LogP contribution in [0.5, 0.6) is 17.8 Å². The molecule has 0 aliphatic carbocycles. The molecule has 0 spiro atoms. The van der Waals surface area contributed by atoms with Crippen molar-refractivity contribution in [2.75, 3.05) is 25.6 Å². The van der Waals surface area contributed by atoms with E-state index in [2.05, 4.69) is 20.3 Å². The number of hydrogen-bond acceptors (Lipinski definition) is 7. The Balaban J connectivity index is 2.25. The normalized spacial score (nSPS) is 10.2. The molecular formula is C14H17ClN4O3. The maximum atomic E-state index is 6.09. The second-order valence-electron chi connectivity index (χ2n) is 4.06. The number of methoxy groups -OCH3 is 1. The minimum Gasteiger partial charge on any atom is -0.495 e. The largest absolute Gasteiger partial charge is 0.495 e. The fourth-order valence-corrected chi connectivity index (χ4v) is 1.91. The summed E-state index contributed by atoms with van der Waals surface area (Å²) in [6.07, 6.45) is 0. The molecule has 1 heterocycles. The summed E-state index contributed by atoms with van der Waals surface area (Å²) >= 11 is 6.09. The van der Waals surface area contributed by atoms with Crippen LogP contribution in [0.15, 0.2) is 18.2 Å². The number of hydrogen-bond donors (Lipinski definition) is 1. The number of halogens is 1. The first-order valence-corrected chi connectivity index (χ1v) is 7.16. The van der Waals surface area contributed by atoms with E-state index in [0.29, 0.717) is 35.6 Å². The summed E-state index contributed by atoms with van der Waals surface area (Å²) in [5, 5.41) is 3.51. The number of rotatable bonds is 7. The van der Waals surface area contributed by atoms with Gasteiger partial charge in [0.2, 0.25) is 5.95 Å². The Bertz CT molecular complexity index is 615. The van der Waals surface area contributed by atoms with Crippen LogP contribution < -0.4 is 19.5 Å². The third-order valence-corrected chi connectivity index (χ3v) is 2.84. The Hall–Kier alpha value is -2.28. The van der Waals surface area contributed by atoms with Crippen molar-refractivity contribution in [1.29, 1.82) is 0 Å². The highest BCUT2D eigenvalue weighted by molar-refractivity contribution is 6.32. The van der Waals surface area contributed by atoms with Crippen molar-refractivity contribution in [3.63, 3.8) is 0 Å². The Morgan fingerprint density at radius 2 is 1.68 bits per heavy atom.